The molecule has 32 heavy (non-hydrogen) atoms. The minimum Gasteiger partial charge on any atom is -0.358 e. The van der Waals surface area contributed by atoms with E-state index in [0.29, 0.717) is 0 Å². The van der Waals surface area contributed by atoms with Gasteiger partial charge in [-0.25, -0.2) is 0 Å². The molecule has 0 saturated carbocycles. The Hall–Kier alpha value is -3.29. The quantitative estimate of drug-likeness (QED) is 0.162. The van der Waals surface area contributed by atoms with E-state index in [2.05, 4.69) is 72.8 Å². The van der Waals surface area contributed by atoms with E-state index >= 15 is 0 Å². The standard InChI is InChI=1S/C28H24N2.CH3.Ni/c1-21(29-27-19-11-9-17-25(27)23-13-5-3-6-14-23)22(2)30-28-20-12-10-18-26(28)24-15-7-4-8-16-24;;/h3-20H,1-2H3;1H3;/q;-1;+2. The van der Waals surface area contributed by atoms with E-state index in [9.17, 15) is 0 Å². The number of nitrogens with zero attached hydrogens (tertiary/aromatic N) is 2. The summed E-state index contributed by atoms with van der Waals surface area (Å²) in [7, 11) is 0. The van der Waals surface area contributed by atoms with Crippen LogP contribution in [-0.2, 0) is 16.5 Å². The van der Waals surface area contributed by atoms with E-state index in [0.717, 1.165) is 45.1 Å². The molecule has 0 amide bonds. The third-order valence-electron chi connectivity index (χ3n) is 5.08. The first-order valence-corrected chi connectivity index (χ1v) is 10.1. The van der Waals surface area contributed by atoms with Crippen molar-refractivity contribution in [3.05, 3.63) is 117 Å². The van der Waals surface area contributed by atoms with Crippen LogP contribution >= 0.6 is 0 Å². The average molecular weight is 462 g/mol. The predicted octanol–water partition coefficient (Wildman–Crippen LogP) is 8.35. The zero-order chi connectivity index (χ0) is 20.8. The van der Waals surface area contributed by atoms with Crippen molar-refractivity contribution in [2.24, 2.45) is 9.98 Å². The molecule has 0 fully saturated rings. The summed E-state index contributed by atoms with van der Waals surface area (Å²) in [6.45, 7) is 4.04. The van der Waals surface area contributed by atoms with Crippen LogP contribution in [0, 0.1) is 7.43 Å². The smallest absolute Gasteiger partial charge is 0.358 e. The fraction of sp³-hybridized carbons (Fsp3) is 0.0690. The third kappa shape index (κ3) is 5.90. The summed E-state index contributed by atoms with van der Waals surface area (Å²) in [4.78, 5) is 9.84. The molecule has 0 saturated heterocycles. The van der Waals surface area contributed by atoms with Crippen LogP contribution in [0.1, 0.15) is 13.8 Å². The molecule has 0 aliphatic heterocycles. The van der Waals surface area contributed by atoms with Gasteiger partial charge in [0.15, 0.2) is 0 Å². The van der Waals surface area contributed by atoms with Gasteiger partial charge >= 0.3 is 16.5 Å². The van der Waals surface area contributed by atoms with Gasteiger partial charge in [0.2, 0.25) is 0 Å². The van der Waals surface area contributed by atoms with Crippen LogP contribution in [0.15, 0.2) is 119 Å². The van der Waals surface area contributed by atoms with Crippen LogP contribution in [0.5, 0.6) is 0 Å². The number of hydrogen-bond acceptors (Lipinski definition) is 2. The largest absolute Gasteiger partial charge is 2.00 e. The van der Waals surface area contributed by atoms with Crippen LogP contribution in [0.3, 0.4) is 0 Å². The molecule has 4 aromatic carbocycles. The Morgan fingerprint density at radius 3 is 1.16 bits per heavy atom. The first-order valence-electron chi connectivity index (χ1n) is 10.1. The summed E-state index contributed by atoms with van der Waals surface area (Å²) >= 11 is 0. The molecular formula is C29H27N2Ni+. The van der Waals surface area contributed by atoms with Crippen molar-refractivity contribution in [1.82, 2.24) is 0 Å². The van der Waals surface area contributed by atoms with Gasteiger partial charge in [0, 0.05) is 11.1 Å². The Bertz CT molecular complexity index is 1100. The molecule has 2 nitrogen and oxygen atoms in total. The maximum atomic E-state index is 4.92. The second-order valence-corrected chi connectivity index (χ2v) is 7.16. The molecule has 4 aromatic rings. The van der Waals surface area contributed by atoms with E-state index < -0.39 is 0 Å². The van der Waals surface area contributed by atoms with Crippen molar-refractivity contribution < 1.29 is 16.5 Å². The van der Waals surface area contributed by atoms with Gasteiger partial charge in [0.05, 0.1) is 22.8 Å². The molecule has 0 aromatic heterocycles. The summed E-state index contributed by atoms with van der Waals surface area (Å²) in [5.74, 6) is 0. The number of hydrogen-bond donors (Lipinski definition) is 0. The van der Waals surface area contributed by atoms with Crippen molar-refractivity contribution in [1.29, 1.82) is 0 Å². The van der Waals surface area contributed by atoms with Gasteiger partial charge < -0.3 is 7.43 Å². The minimum atomic E-state index is 0. The number of rotatable bonds is 5. The number of para-hydroxylation sites is 2. The van der Waals surface area contributed by atoms with E-state index in [1.807, 2.05) is 50.2 Å². The second kappa shape index (κ2) is 11.9. The second-order valence-electron chi connectivity index (χ2n) is 7.16. The Morgan fingerprint density at radius 2 is 0.781 bits per heavy atom. The first kappa shape index (κ1) is 25.0. The molecule has 4 rings (SSSR count). The van der Waals surface area contributed by atoms with Gasteiger partial charge in [-0.1, -0.05) is 97.1 Å². The number of benzene rings is 4. The molecule has 162 valence electrons. The van der Waals surface area contributed by atoms with Crippen molar-refractivity contribution in [3.63, 3.8) is 0 Å². The zero-order valence-corrected chi connectivity index (χ0v) is 19.6. The molecule has 0 aliphatic carbocycles. The van der Waals surface area contributed by atoms with E-state index in [1.54, 1.807) is 0 Å². The summed E-state index contributed by atoms with van der Waals surface area (Å²) in [6.07, 6.45) is 0. The van der Waals surface area contributed by atoms with Crippen LogP contribution in [0.25, 0.3) is 22.3 Å². The molecule has 0 radical (unpaired) electrons. The van der Waals surface area contributed by atoms with Gasteiger partial charge in [0.25, 0.3) is 0 Å². The van der Waals surface area contributed by atoms with E-state index in [-0.39, 0.29) is 23.9 Å². The minimum absolute atomic E-state index is 0. The summed E-state index contributed by atoms with van der Waals surface area (Å²) in [5, 5.41) is 0. The molecule has 0 spiro atoms. The Balaban J connectivity index is 0.00000181. The summed E-state index contributed by atoms with van der Waals surface area (Å²) in [6, 6.07) is 37.2. The maximum Gasteiger partial charge on any atom is 2.00 e. The molecule has 0 atom stereocenters. The molecule has 3 heteroatoms. The van der Waals surface area contributed by atoms with E-state index in [1.165, 1.54) is 0 Å². The van der Waals surface area contributed by atoms with Crippen LogP contribution < -0.4 is 0 Å². The maximum absolute atomic E-state index is 4.92. The predicted molar refractivity (Wildman–Crippen MR) is 136 cm³/mol. The van der Waals surface area contributed by atoms with Crippen molar-refractivity contribution in [2.75, 3.05) is 0 Å². The fourth-order valence-electron chi connectivity index (χ4n) is 3.39. The Morgan fingerprint density at radius 1 is 0.469 bits per heavy atom. The Kier molecular flexibility index (Phi) is 9.31. The number of aliphatic imine (C=N–C) groups is 2. The molecular weight excluding hydrogens is 435 g/mol. The van der Waals surface area contributed by atoms with Gasteiger partial charge in [-0.15, -0.1) is 0 Å². The van der Waals surface area contributed by atoms with Crippen molar-refractivity contribution >= 4 is 22.8 Å². The molecule has 0 bridgehead atoms. The monoisotopic (exact) mass is 461 g/mol. The Labute approximate surface area is 201 Å². The van der Waals surface area contributed by atoms with Gasteiger partial charge in [-0.05, 0) is 37.1 Å². The van der Waals surface area contributed by atoms with Crippen molar-refractivity contribution in [2.45, 2.75) is 13.8 Å². The topological polar surface area (TPSA) is 24.7 Å². The summed E-state index contributed by atoms with van der Waals surface area (Å²) in [5.41, 5.74) is 8.27. The third-order valence-corrected chi connectivity index (χ3v) is 5.08. The van der Waals surface area contributed by atoms with Gasteiger partial charge in [-0.3, -0.25) is 9.98 Å². The van der Waals surface area contributed by atoms with Crippen molar-refractivity contribution in [3.8, 4) is 22.3 Å². The normalized spacial score (nSPS) is 11.3. The van der Waals surface area contributed by atoms with Gasteiger partial charge in [-0.2, -0.15) is 0 Å². The fourth-order valence-corrected chi connectivity index (χ4v) is 3.39. The van der Waals surface area contributed by atoms with E-state index in [4.69, 9.17) is 9.98 Å². The summed E-state index contributed by atoms with van der Waals surface area (Å²) < 4.78 is 0. The van der Waals surface area contributed by atoms with Crippen LogP contribution in [0.2, 0.25) is 0 Å². The molecule has 0 unspecified atom stereocenters. The van der Waals surface area contributed by atoms with Crippen LogP contribution in [0.4, 0.5) is 11.4 Å². The molecule has 0 N–H and O–H groups in total. The molecule has 0 heterocycles. The average Bonchev–Trinajstić information content (AvgIpc) is 2.81. The zero-order valence-electron chi connectivity index (χ0n) is 18.6. The van der Waals surface area contributed by atoms with Gasteiger partial charge in [0.1, 0.15) is 0 Å². The first-order chi connectivity index (χ1) is 14.7. The molecule has 0 aliphatic rings. The SMILES string of the molecule is CC(=Nc1ccccc1-c1ccccc1)C(C)=Nc1ccccc1-c1ccccc1.[CH3-].[Ni+2]. The van der Waals surface area contributed by atoms with Crippen LogP contribution in [-0.4, -0.2) is 11.4 Å².